The molecule has 0 saturated heterocycles. The van der Waals surface area contributed by atoms with Crippen molar-refractivity contribution in [3.63, 3.8) is 0 Å². The van der Waals surface area contributed by atoms with Crippen LogP contribution in [-0.4, -0.2) is 10.1 Å². The molecule has 0 aliphatic rings. The number of benzene rings is 1. The van der Waals surface area contributed by atoms with Crippen LogP contribution in [0, 0.1) is 24.0 Å². The number of rotatable bonds is 3. The summed E-state index contributed by atoms with van der Waals surface area (Å²) in [5, 5.41) is 14.5. The highest BCUT2D eigenvalue weighted by molar-refractivity contribution is 5.73. The van der Waals surface area contributed by atoms with E-state index >= 15 is 0 Å². The minimum Gasteiger partial charge on any atom is -0.354 e. The molecular weight excluding hydrogens is 232 g/mol. The summed E-state index contributed by atoms with van der Waals surface area (Å²) < 4.78 is 4.83. The molecule has 1 aromatic carbocycles. The van der Waals surface area contributed by atoms with Crippen LogP contribution in [0.4, 0.5) is 5.69 Å². The first-order valence-electron chi connectivity index (χ1n) is 5.44. The summed E-state index contributed by atoms with van der Waals surface area (Å²) >= 11 is 0. The fourth-order valence-electron chi connectivity index (χ4n) is 1.66. The number of aromatic nitrogens is 1. The summed E-state index contributed by atoms with van der Waals surface area (Å²) in [6.07, 6.45) is 3.39. The van der Waals surface area contributed by atoms with Gasteiger partial charge in [-0.05, 0) is 24.1 Å². The van der Waals surface area contributed by atoms with Gasteiger partial charge in [0.15, 0.2) is 5.69 Å². The molecule has 0 bridgehead atoms. The first-order valence-corrected chi connectivity index (χ1v) is 5.44. The minimum atomic E-state index is -0.483. The van der Waals surface area contributed by atoms with Crippen molar-refractivity contribution in [2.45, 2.75) is 13.8 Å². The van der Waals surface area contributed by atoms with E-state index in [2.05, 4.69) is 5.16 Å². The van der Waals surface area contributed by atoms with Crippen LogP contribution in [0.3, 0.4) is 0 Å². The number of aryl methyl sites for hydroxylation is 2. The molecular formula is C13H12N2O3. The van der Waals surface area contributed by atoms with E-state index in [0.29, 0.717) is 0 Å². The highest BCUT2D eigenvalue weighted by Gasteiger charge is 2.21. The Kier molecular flexibility index (Phi) is 3.23. The van der Waals surface area contributed by atoms with E-state index in [1.807, 2.05) is 31.2 Å². The molecule has 0 radical (unpaired) electrons. The molecule has 0 aliphatic heterocycles. The van der Waals surface area contributed by atoms with E-state index in [9.17, 15) is 10.1 Å². The Labute approximate surface area is 104 Å². The summed E-state index contributed by atoms with van der Waals surface area (Å²) in [7, 11) is 0. The molecule has 2 rings (SSSR count). The number of nitro groups is 1. The highest BCUT2D eigenvalue weighted by atomic mass is 16.6. The highest BCUT2D eigenvalue weighted by Crippen LogP contribution is 2.24. The topological polar surface area (TPSA) is 69.2 Å². The summed E-state index contributed by atoms with van der Waals surface area (Å²) in [5.74, 6) is 0.212. The monoisotopic (exact) mass is 244 g/mol. The molecule has 5 heteroatoms. The van der Waals surface area contributed by atoms with Gasteiger partial charge in [-0.25, -0.2) is 0 Å². The Morgan fingerprint density at radius 2 is 2.00 bits per heavy atom. The van der Waals surface area contributed by atoms with Gasteiger partial charge in [0.1, 0.15) is 0 Å². The van der Waals surface area contributed by atoms with Crippen LogP contribution in [-0.2, 0) is 0 Å². The van der Waals surface area contributed by atoms with Gasteiger partial charge in [0.2, 0.25) is 5.76 Å². The summed E-state index contributed by atoms with van der Waals surface area (Å²) in [4.78, 5) is 10.4. The zero-order valence-electron chi connectivity index (χ0n) is 10.1. The molecule has 0 unspecified atom stereocenters. The van der Waals surface area contributed by atoms with Crippen LogP contribution in [0.5, 0.6) is 0 Å². The van der Waals surface area contributed by atoms with Crippen LogP contribution in [0.2, 0.25) is 0 Å². The SMILES string of the molecule is Cc1ccccc1C=Cc1noc(C)c1[N+](=O)[O-]. The molecule has 5 nitrogen and oxygen atoms in total. The standard InChI is InChI=1S/C13H12N2O3/c1-9-5-3-4-6-11(9)7-8-12-13(15(16)17)10(2)18-14-12/h3-8H,1-2H3. The maximum absolute atomic E-state index is 10.9. The summed E-state index contributed by atoms with van der Waals surface area (Å²) in [6.45, 7) is 3.50. The lowest BCUT2D eigenvalue weighted by Gasteiger charge is -1.97. The lowest BCUT2D eigenvalue weighted by molar-refractivity contribution is -0.386. The van der Waals surface area contributed by atoms with Gasteiger partial charge in [0.25, 0.3) is 0 Å². The molecule has 92 valence electrons. The van der Waals surface area contributed by atoms with Gasteiger partial charge in [-0.3, -0.25) is 10.1 Å². The van der Waals surface area contributed by atoms with E-state index in [1.165, 1.54) is 6.92 Å². The summed E-state index contributed by atoms with van der Waals surface area (Å²) in [6, 6.07) is 7.76. The van der Waals surface area contributed by atoms with Gasteiger partial charge in [0.05, 0.1) is 4.92 Å². The van der Waals surface area contributed by atoms with Crippen molar-refractivity contribution < 1.29 is 9.45 Å². The first kappa shape index (κ1) is 12.0. The predicted molar refractivity (Wildman–Crippen MR) is 68.0 cm³/mol. The molecule has 0 saturated carbocycles. The van der Waals surface area contributed by atoms with E-state index < -0.39 is 4.92 Å². The Morgan fingerprint density at radius 3 is 2.67 bits per heavy atom. The van der Waals surface area contributed by atoms with Gasteiger partial charge in [-0.2, -0.15) is 0 Å². The fraction of sp³-hybridized carbons (Fsp3) is 0.154. The maximum Gasteiger partial charge on any atom is 0.338 e. The third-order valence-corrected chi connectivity index (χ3v) is 2.65. The largest absolute Gasteiger partial charge is 0.354 e. The van der Waals surface area contributed by atoms with E-state index in [0.717, 1.165) is 11.1 Å². The van der Waals surface area contributed by atoms with Crippen molar-refractivity contribution in [2.75, 3.05) is 0 Å². The lowest BCUT2D eigenvalue weighted by atomic mass is 10.1. The van der Waals surface area contributed by atoms with Crippen molar-refractivity contribution in [1.82, 2.24) is 5.16 Å². The second-order valence-corrected chi connectivity index (χ2v) is 3.92. The molecule has 0 N–H and O–H groups in total. The molecule has 0 spiro atoms. The Bertz CT molecular complexity index is 614. The number of nitrogens with zero attached hydrogens (tertiary/aromatic N) is 2. The minimum absolute atomic E-state index is 0.0835. The molecule has 1 aromatic heterocycles. The number of hydrogen-bond donors (Lipinski definition) is 0. The van der Waals surface area contributed by atoms with Crippen LogP contribution < -0.4 is 0 Å². The third kappa shape index (κ3) is 2.29. The maximum atomic E-state index is 10.9. The van der Waals surface area contributed by atoms with Gasteiger partial charge >= 0.3 is 5.69 Å². The van der Waals surface area contributed by atoms with Crippen molar-refractivity contribution in [3.8, 4) is 0 Å². The molecule has 0 aliphatic carbocycles. The van der Waals surface area contributed by atoms with E-state index in [-0.39, 0.29) is 17.1 Å². The van der Waals surface area contributed by atoms with E-state index in [4.69, 9.17) is 4.52 Å². The van der Waals surface area contributed by atoms with Crippen LogP contribution in [0.15, 0.2) is 28.8 Å². The Morgan fingerprint density at radius 1 is 1.28 bits per heavy atom. The summed E-state index contributed by atoms with van der Waals surface area (Å²) in [5.41, 5.74) is 2.24. The molecule has 18 heavy (non-hydrogen) atoms. The average Bonchev–Trinajstić information content (AvgIpc) is 2.69. The van der Waals surface area contributed by atoms with Crippen LogP contribution in [0.25, 0.3) is 12.2 Å². The fourth-order valence-corrected chi connectivity index (χ4v) is 1.66. The van der Waals surface area contributed by atoms with Crippen LogP contribution >= 0.6 is 0 Å². The van der Waals surface area contributed by atoms with Gasteiger partial charge in [-0.1, -0.05) is 35.5 Å². The smallest absolute Gasteiger partial charge is 0.338 e. The molecule has 0 fully saturated rings. The molecule has 0 atom stereocenters. The number of hydrogen-bond acceptors (Lipinski definition) is 4. The normalized spacial score (nSPS) is 11.0. The van der Waals surface area contributed by atoms with Crippen molar-refractivity contribution in [2.24, 2.45) is 0 Å². The average molecular weight is 244 g/mol. The van der Waals surface area contributed by atoms with Gasteiger partial charge in [0, 0.05) is 6.92 Å². The Hall–Kier alpha value is -2.43. The van der Waals surface area contributed by atoms with Crippen molar-refractivity contribution in [3.05, 3.63) is 57.0 Å². The lowest BCUT2D eigenvalue weighted by Crippen LogP contribution is -1.90. The van der Waals surface area contributed by atoms with Crippen molar-refractivity contribution in [1.29, 1.82) is 0 Å². The van der Waals surface area contributed by atoms with Crippen LogP contribution in [0.1, 0.15) is 22.6 Å². The van der Waals surface area contributed by atoms with Gasteiger partial charge in [-0.15, -0.1) is 0 Å². The van der Waals surface area contributed by atoms with Crippen molar-refractivity contribution >= 4 is 17.8 Å². The zero-order chi connectivity index (χ0) is 13.1. The second-order valence-electron chi connectivity index (χ2n) is 3.92. The Balaban J connectivity index is 2.36. The van der Waals surface area contributed by atoms with E-state index in [1.54, 1.807) is 12.2 Å². The van der Waals surface area contributed by atoms with Gasteiger partial charge < -0.3 is 4.52 Å². The molecule has 1 heterocycles. The molecule has 0 amide bonds. The molecule has 2 aromatic rings. The second kappa shape index (κ2) is 4.83. The third-order valence-electron chi connectivity index (χ3n) is 2.65. The predicted octanol–water partition coefficient (Wildman–Crippen LogP) is 3.37. The zero-order valence-corrected chi connectivity index (χ0v) is 10.1. The quantitative estimate of drug-likeness (QED) is 0.613. The first-order chi connectivity index (χ1) is 8.59.